The van der Waals surface area contributed by atoms with Crippen molar-refractivity contribution in [3.8, 4) is 5.75 Å². The van der Waals surface area contributed by atoms with E-state index < -0.39 is 9.84 Å². The predicted molar refractivity (Wildman–Crippen MR) is 102 cm³/mol. The van der Waals surface area contributed by atoms with Crippen molar-refractivity contribution in [2.45, 2.75) is 39.3 Å². The maximum absolute atomic E-state index is 12.8. The summed E-state index contributed by atoms with van der Waals surface area (Å²) in [5, 5.41) is 0. The maximum atomic E-state index is 12.8. The van der Waals surface area contributed by atoms with E-state index in [2.05, 4.69) is 0 Å². The number of carbonyl (C=O) groups is 1. The van der Waals surface area contributed by atoms with Gasteiger partial charge in [-0.2, -0.15) is 0 Å². The van der Waals surface area contributed by atoms with Crippen molar-refractivity contribution in [3.05, 3.63) is 53.5 Å². The molecule has 1 saturated heterocycles. The van der Waals surface area contributed by atoms with E-state index in [1.54, 1.807) is 23.3 Å². The SMILES string of the molecule is Cc1ccc(C)c(OCCC(=O)N(Cc2ccco2)[C@H]2CCS(=O)(=O)C2)c1. The third-order valence-corrected chi connectivity index (χ3v) is 6.54. The topological polar surface area (TPSA) is 76.8 Å². The number of hydrogen-bond acceptors (Lipinski definition) is 5. The van der Waals surface area contributed by atoms with Crippen LogP contribution in [0.5, 0.6) is 5.75 Å². The quantitative estimate of drug-likeness (QED) is 0.725. The molecule has 1 atom stereocenters. The molecule has 1 aliphatic heterocycles. The molecular weight excluding hydrogens is 366 g/mol. The first-order valence-corrected chi connectivity index (χ1v) is 10.9. The maximum Gasteiger partial charge on any atom is 0.226 e. The van der Waals surface area contributed by atoms with E-state index in [1.807, 2.05) is 32.0 Å². The van der Waals surface area contributed by atoms with Crippen LogP contribution < -0.4 is 4.74 Å². The molecule has 0 radical (unpaired) electrons. The number of rotatable bonds is 7. The predicted octanol–water partition coefficient (Wildman–Crippen LogP) is 2.88. The highest BCUT2D eigenvalue weighted by molar-refractivity contribution is 7.91. The number of nitrogens with zero attached hydrogens (tertiary/aromatic N) is 1. The summed E-state index contributed by atoms with van der Waals surface area (Å²) in [6.07, 6.45) is 2.20. The molecule has 146 valence electrons. The number of sulfone groups is 1. The molecule has 0 saturated carbocycles. The molecule has 7 heteroatoms. The summed E-state index contributed by atoms with van der Waals surface area (Å²) in [5.74, 6) is 1.42. The summed E-state index contributed by atoms with van der Waals surface area (Å²) < 4.78 is 34.8. The third kappa shape index (κ3) is 5.13. The number of benzene rings is 1. The molecule has 1 amide bonds. The molecule has 0 unspecified atom stereocenters. The van der Waals surface area contributed by atoms with E-state index in [0.29, 0.717) is 12.2 Å². The fraction of sp³-hybridized carbons (Fsp3) is 0.450. The van der Waals surface area contributed by atoms with E-state index in [4.69, 9.17) is 9.15 Å². The van der Waals surface area contributed by atoms with Crippen molar-refractivity contribution in [3.63, 3.8) is 0 Å². The van der Waals surface area contributed by atoms with E-state index in [0.717, 1.165) is 16.9 Å². The van der Waals surface area contributed by atoms with Gasteiger partial charge >= 0.3 is 0 Å². The zero-order valence-electron chi connectivity index (χ0n) is 15.7. The average Bonchev–Trinajstić information content (AvgIpc) is 3.24. The molecule has 27 heavy (non-hydrogen) atoms. The summed E-state index contributed by atoms with van der Waals surface area (Å²) >= 11 is 0. The lowest BCUT2D eigenvalue weighted by molar-refractivity contribution is -0.134. The summed E-state index contributed by atoms with van der Waals surface area (Å²) in [6.45, 7) is 4.47. The number of aryl methyl sites for hydroxylation is 2. The van der Waals surface area contributed by atoms with Crippen LogP contribution in [-0.2, 0) is 21.2 Å². The summed E-state index contributed by atoms with van der Waals surface area (Å²) in [7, 11) is -3.08. The zero-order chi connectivity index (χ0) is 19.4. The van der Waals surface area contributed by atoms with Gasteiger partial charge in [0.05, 0.1) is 37.3 Å². The van der Waals surface area contributed by atoms with Crippen molar-refractivity contribution in [1.29, 1.82) is 0 Å². The van der Waals surface area contributed by atoms with Crippen molar-refractivity contribution in [2.24, 2.45) is 0 Å². The van der Waals surface area contributed by atoms with Gasteiger partial charge in [-0.3, -0.25) is 4.79 Å². The molecule has 1 aromatic carbocycles. The lowest BCUT2D eigenvalue weighted by Gasteiger charge is -2.27. The van der Waals surface area contributed by atoms with Gasteiger partial charge in [0.2, 0.25) is 5.91 Å². The Morgan fingerprint density at radius 3 is 2.78 bits per heavy atom. The first kappa shape index (κ1) is 19.5. The van der Waals surface area contributed by atoms with Gasteiger partial charge in [-0.05, 0) is 49.6 Å². The summed E-state index contributed by atoms with van der Waals surface area (Å²) in [5.41, 5.74) is 2.11. The number of amides is 1. The highest BCUT2D eigenvalue weighted by atomic mass is 32.2. The molecule has 1 aromatic heterocycles. The van der Waals surface area contributed by atoms with Gasteiger partial charge in [0.25, 0.3) is 0 Å². The Labute approximate surface area is 160 Å². The van der Waals surface area contributed by atoms with Crippen LogP contribution in [0.3, 0.4) is 0 Å². The number of carbonyl (C=O) groups excluding carboxylic acids is 1. The van der Waals surface area contributed by atoms with Crippen LogP contribution in [0.2, 0.25) is 0 Å². The minimum atomic E-state index is -3.08. The second-order valence-electron chi connectivity index (χ2n) is 7.03. The molecule has 0 spiro atoms. The second-order valence-corrected chi connectivity index (χ2v) is 9.25. The molecule has 0 bridgehead atoms. The molecular formula is C20H25NO5S. The van der Waals surface area contributed by atoms with E-state index in [9.17, 15) is 13.2 Å². The van der Waals surface area contributed by atoms with Gasteiger partial charge in [0.1, 0.15) is 11.5 Å². The summed E-state index contributed by atoms with van der Waals surface area (Å²) in [6, 6.07) is 9.18. The third-order valence-electron chi connectivity index (χ3n) is 4.79. The molecule has 1 aliphatic rings. The fourth-order valence-corrected chi connectivity index (χ4v) is 5.00. The van der Waals surface area contributed by atoms with Crippen molar-refractivity contribution in [1.82, 2.24) is 4.90 Å². The Balaban J connectivity index is 1.64. The standard InChI is InChI=1S/C20H25NO5S/c1-15-5-6-16(2)19(12-15)26-10-7-20(22)21(13-18-4-3-9-25-18)17-8-11-27(23,24)14-17/h3-6,9,12,17H,7-8,10-11,13-14H2,1-2H3/t17-/m0/s1. The highest BCUT2D eigenvalue weighted by Gasteiger charge is 2.34. The highest BCUT2D eigenvalue weighted by Crippen LogP contribution is 2.22. The Bertz CT molecular complexity index is 889. The van der Waals surface area contributed by atoms with Crippen molar-refractivity contribution in [2.75, 3.05) is 18.1 Å². The monoisotopic (exact) mass is 391 g/mol. The van der Waals surface area contributed by atoms with E-state index in [1.165, 1.54) is 0 Å². The number of ether oxygens (including phenoxy) is 1. The Morgan fingerprint density at radius 1 is 1.30 bits per heavy atom. The van der Waals surface area contributed by atoms with Gasteiger partial charge in [-0.15, -0.1) is 0 Å². The van der Waals surface area contributed by atoms with Crippen LogP contribution in [-0.4, -0.2) is 43.4 Å². The number of furan rings is 1. The average molecular weight is 391 g/mol. The van der Waals surface area contributed by atoms with Gasteiger partial charge < -0.3 is 14.1 Å². The van der Waals surface area contributed by atoms with Crippen LogP contribution >= 0.6 is 0 Å². The second kappa shape index (κ2) is 8.17. The minimum Gasteiger partial charge on any atom is -0.493 e. The normalized spacial score (nSPS) is 18.4. The van der Waals surface area contributed by atoms with Crippen LogP contribution in [0.4, 0.5) is 0 Å². The van der Waals surface area contributed by atoms with E-state index >= 15 is 0 Å². The van der Waals surface area contributed by atoms with Crippen molar-refractivity contribution < 1.29 is 22.4 Å². The van der Waals surface area contributed by atoms with Gasteiger partial charge in [0.15, 0.2) is 9.84 Å². The van der Waals surface area contributed by atoms with Gasteiger partial charge in [0, 0.05) is 6.04 Å². The molecule has 0 aliphatic carbocycles. The van der Waals surface area contributed by atoms with Crippen LogP contribution in [0.1, 0.15) is 29.7 Å². The fourth-order valence-electron chi connectivity index (χ4n) is 3.27. The molecule has 6 nitrogen and oxygen atoms in total. The van der Waals surface area contributed by atoms with Crippen LogP contribution in [0.15, 0.2) is 41.0 Å². The van der Waals surface area contributed by atoms with Crippen LogP contribution in [0.25, 0.3) is 0 Å². The molecule has 2 aromatic rings. The lowest BCUT2D eigenvalue weighted by atomic mass is 10.1. The smallest absolute Gasteiger partial charge is 0.226 e. The summed E-state index contributed by atoms with van der Waals surface area (Å²) in [4.78, 5) is 14.4. The molecule has 2 heterocycles. The molecule has 0 N–H and O–H groups in total. The zero-order valence-corrected chi connectivity index (χ0v) is 16.5. The van der Waals surface area contributed by atoms with Crippen LogP contribution in [0, 0.1) is 13.8 Å². The number of hydrogen-bond donors (Lipinski definition) is 0. The van der Waals surface area contributed by atoms with E-state index in [-0.39, 0.29) is 43.0 Å². The lowest BCUT2D eigenvalue weighted by Crippen LogP contribution is -2.41. The molecule has 1 fully saturated rings. The Kier molecular flexibility index (Phi) is 5.89. The van der Waals surface area contributed by atoms with Crippen molar-refractivity contribution >= 4 is 15.7 Å². The van der Waals surface area contributed by atoms with Gasteiger partial charge in [-0.25, -0.2) is 8.42 Å². The first-order valence-electron chi connectivity index (χ1n) is 9.06. The minimum absolute atomic E-state index is 0.0112. The largest absolute Gasteiger partial charge is 0.493 e. The Morgan fingerprint density at radius 2 is 2.11 bits per heavy atom. The van der Waals surface area contributed by atoms with Gasteiger partial charge in [-0.1, -0.05) is 12.1 Å². The molecule has 3 rings (SSSR count). The first-order chi connectivity index (χ1) is 12.8. The Hall–Kier alpha value is -2.28.